The lowest BCUT2D eigenvalue weighted by atomic mass is 10.0. The molecule has 0 saturated heterocycles. The van der Waals surface area contributed by atoms with Crippen molar-refractivity contribution in [2.45, 2.75) is 32.4 Å². The minimum absolute atomic E-state index is 0.189. The highest BCUT2D eigenvalue weighted by molar-refractivity contribution is 5.76. The van der Waals surface area contributed by atoms with E-state index in [1.165, 1.54) is 24.3 Å². The summed E-state index contributed by atoms with van der Waals surface area (Å²) in [6.45, 7) is 3.93. The van der Waals surface area contributed by atoms with E-state index in [1.807, 2.05) is 31.2 Å². The van der Waals surface area contributed by atoms with Gasteiger partial charge in [0.15, 0.2) is 0 Å². The summed E-state index contributed by atoms with van der Waals surface area (Å²) in [5.41, 5.74) is 1.65. The number of ether oxygens (including phenoxy) is 1. The Labute approximate surface area is 141 Å². The molecule has 5 heteroatoms. The van der Waals surface area contributed by atoms with E-state index in [4.69, 9.17) is 4.74 Å². The topological polar surface area (TPSA) is 58.6 Å². The molecule has 2 atom stereocenters. The fourth-order valence-corrected chi connectivity index (χ4v) is 2.32. The Hall–Kier alpha value is -2.40. The van der Waals surface area contributed by atoms with E-state index in [1.54, 1.807) is 6.92 Å². The summed E-state index contributed by atoms with van der Waals surface area (Å²) in [7, 11) is 0. The van der Waals surface area contributed by atoms with Gasteiger partial charge < -0.3 is 15.2 Å². The largest absolute Gasteiger partial charge is 0.493 e. The van der Waals surface area contributed by atoms with Gasteiger partial charge in [0.05, 0.1) is 25.2 Å². The van der Waals surface area contributed by atoms with Gasteiger partial charge in [-0.1, -0.05) is 24.3 Å². The van der Waals surface area contributed by atoms with Crippen LogP contribution in [0.2, 0.25) is 0 Å². The number of carbonyl (C=O) groups excluding carboxylic acids is 1. The molecular formula is C19H22FNO3. The Balaban J connectivity index is 1.77. The smallest absolute Gasteiger partial charge is 0.223 e. The highest BCUT2D eigenvalue weighted by Crippen LogP contribution is 2.17. The van der Waals surface area contributed by atoms with Crippen molar-refractivity contribution in [3.8, 4) is 5.75 Å². The summed E-state index contributed by atoms with van der Waals surface area (Å²) in [5.74, 6) is 0.148. The average Bonchev–Trinajstić information content (AvgIpc) is 2.55. The summed E-state index contributed by atoms with van der Waals surface area (Å²) in [5, 5.41) is 12.9. The van der Waals surface area contributed by atoms with E-state index in [9.17, 15) is 14.3 Å². The van der Waals surface area contributed by atoms with Crippen molar-refractivity contribution in [2.24, 2.45) is 0 Å². The normalized spacial score (nSPS) is 13.2. The molecule has 0 fully saturated rings. The maximum absolute atomic E-state index is 12.9. The minimum atomic E-state index is -0.896. The predicted octanol–water partition coefficient (Wildman–Crippen LogP) is 3.14. The molecule has 0 radical (unpaired) electrons. The van der Waals surface area contributed by atoms with E-state index in [0.717, 1.165) is 11.3 Å². The Morgan fingerprint density at radius 1 is 1.25 bits per heavy atom. The zero-order valence-electron chi connectivity index (χ0n) is 13.8. The van der Waals surface area contributed by atoms with Crippen LogP contribution >= 0.6 is 0 Å². The number of hydrogen-bond donors (Lipinski definition) is 2. The molecule has 0 aliphatic rings. The molecule has 2 N–H and O–H groups in total. The quantitative estimate of drug-likeness (QED) is 0.819. The second-order valence-corrected chi connectivity index (χ2v) is 5.77. The maximum Gasteiger partial charge on any atom is 0.223 e. The molecule has 0 spiro atoms. The van der Waals surface area contributed by atoms with Gasteiger partial charge in [0, 0.05) is 0 Å². The van der Waals surface area contributed by atoms with E-state index < -0.39 is 12.1 Å². The molecule has 1 amide bonds. The van der Waals surface area contributed by atoms with Gasteiger partial charge in [-0.15, -0.1) is 0 Å². The summed E-state index contributed by atoms with van der Waals surface area (Å²) < 4.78 is 18.4. The summed E-state index contributed by atoms with van der Waals surface area (Å²) >= 11 is 0. The number of aliphatic hydroxyl groups excluding tert-OH is 1. The molecule has 24 heavy (non-hydrogen) atoms. The van der Waals surface area contributed by atoms with Crippen LogP contribution in [0, 0.1) is 12.7 Å². The molecular weight excluding hydrogens is 309 g/mol. The zero-order chi connectivity index (χ0) is 17.5. The van der Waals surface area contributed by atoms with E-state index >= 15 is 0 Å². The van der Waals surface area contributed by atoms with Gasteiger partial charge in [0.1, 0.15) is 11.6 Å². The van der Waals surface area contributed by atoms with Gasteiger partial charge >= 0.3 is 0 Å². The third-order valence-electron chi connectivity index (χ3n) is 3.66. The van der Waals surface area contributed by atoms with Crippen molar-refractivity contribution >= 4 is 5.91 Å². The molecule has 0 aromatic heterocycles. The summed E-state index contributed by atoms with van der Waals surface area (Å²) in [6, 6.07) is 12.7. The third-order valence-corrected chi connectivity index (χ3v) is 3.66. The summed E-state index contributed by atoms with van der Waals surface area (Å²) in [4.78, 5) is 11.9. The number of halogens is 1. The molecule has 128 valence electrons. The molecule has 2 aromatic carbocycles. The van der Waals surface area contributed by atoms with Gasteiger partial charge in [0.25, 0.3) is 0 Å². The Morgan fingerprint density at radius 2 is 1.96 bits per heavy atom. The van der Waals surface area contributed by atoms with E-state index in [2.05, 4.69) is 5.32 Å². The van der Waals surface area contributed by atoms with Gasteiger partial charge in [0.2, 0.25) is 5.91 Å². The molecule has 0 bridgehead atoms. The molecule has 2 rings (SSSR count). The summed E-state index contributed by atoms with van der Waals surface area (Å²) in [6.07, 6.45) is -0.707. The highest BCUT2D eigenvalue weighted by Gasteiger charge is 2.18. The lowest BCUT2D eigenvalue weighted by Crippen LogP contribution is -2.37. The molecule has 0 heterocycles. The number of carbonyl (C=O) groups is 1. The first-order chi connectivity index (χ1) is 11.5. The maximum atomic E-state index is 12.9. The number of hydrogen-bond acceptors (Lipinski definition) is 3. The van der Waals surface area contributed by atoms with Crippen LogP contribution in [0.25, 0.3) is 0 Å². The molecule has 0 aliphatic heterocycles. The lowest BCUT2D eigenvalue weighted by molar-refractivity contribution is -0.123. The van der Waals surface area contributed by atoms with Crippen molar-refractivity contribution in [1.82, 2.24) is 5.32 Å². The van der Waals surface area contributed by atoms with Crippen LogP contribution < -0.4 is 10.1 Å². The van der Waals surface area contributed by atoms with Crippen LogP contribution in [0.5, 0.6) is 5.75 Å². The molecule has 0 aliphatic carbocycles. The molecule has 2 aromatic rings. The van der Waals surface area contributed by atoms with Crippen LogP contribution in [0.1, 0.15) is 30.6 Å². The number of nitrogens with one attached hydrogen (secondary N) is 1. The minimum Gasteiger partial charge on any atom is -0.493 e. The number of aliphatic hydroxyl groups is 1. The monoisotopic (exact) mass is 331 g/mol. The van der Waals surface area contributed by atoms with Gasteiger partial charge in [-0.2, -0.15) is 0 Å². The standard InChI is InChI=1S/C19H22FNO3/c1-13-4-3-5-17(12-13)24-11-10-18(22)21-14(2)19(23)15-6-8-16(20)9-7-15/h3-9,12,14,19,23H,10-11H2,1-2H3,(H,21,22). The van der Waals surface area contributed by atoms with Crippen LogP contribution in [-0.4, -0.2) is 23.7 Å². The van der Waals surface area contributed by atoms with Crippen molar-refractivity contribution in [3.63, 3.8) is 0 Å². The predicted molar refractivity (Wildman–Crippen MR) is 90.3 cm³/mol. The van der Waals surface area contributed by atoms with Crippen molar-refractivity contribution in [3.05, 3.63) is 65.5 Å². The van der Waals surface area contributed by atoms with Gasteiger partial charge in [-0.25, -0.2) is 4.39 Å². The van der Waals surface area contributed by atoms with Gasteiger partial charge in [-0.05, 0) is 49.2 Å². The van der Waals surface area contributed by atoms with Crippen molar-refractivity contribution in [2.75, 3.05) is 6.61 Å². The molecule has 0 saturated carbocycles. The number of amides is 1. The van der Waals surface area contributed by atoms with E-state index in [0.29, 0.717) is 5.56 Å². The number of rotatable bonds is 7. The number of aryl methyl sites for hydroxylation is 1. The molecule has 2 unspecified atom stereocenters. The van der Waals surface area contributed by atoms with Crippen LogP contribution in [0.15, 0.2) is 48.5 Å². The van der Waals surface area contributed by atoms with Crippen molar-refractivity contribution < 1.29 is 19.0 Å². The SMILES string of the molecule is Cc1cccc(OCCC(=O)NC(C)C(O)c2ccc(F)cc2)c1. The van der Waals surface area contributed by atoms with E-state index in [-0.39, 0.29) is 24.8 Å². The lowest BCUT2D eigenvalue weighted by Gasteiger charge is -2.20. The molecule has 4 nitrogen and oxygen atoms in total. The highest BCUT2D eigenvalue weighted by atomic mass is 19.1. The second-order valence-electron chi connectivity index (χ2n) is 5.77. The van der Waals surface area contributed by atoms with Gasteiger partial charge in [-0.3, -0.25) is 4.79 Å². The third kappa shape index (κ3) is 5.35. The van der Waals surface area contributed by atoms with Crippen molar-refractivity contribution in [1.29, 1.82) is 0 Å². The average molecular weight is 331 g/mol. The fraction of sp³-hybridized carbons (Fsp3) is 0.316. The Morgan fingerprint density at radius 3 is 2.62 bits per heavy atom. The Kier molecular flexibility index (Phi) is 6.32. The zero-order valence-corrected chi connectivity index (χ0v) is 13.8. The first kappa shape index (κ1) is 17.9. The van der Waals surface area contributed by atoms with Crippen LogP contribution in [-0.2, 0) is 4.79 Å². The number of benzene rings is 2. The Bertz CT molecular complexity index is 673. The second kappa shape index (κ2) is 8.45. The van der Waals surface area contributed by atoms with Crippen LogP contribution in [0.3, 0.4) is 0 Å². The first-order valence-electron chi connectivity index (χ1n) is 7.88. The first-order valence-corrected chi connectivity index (χ1v) is 7.88. The van der Waals surface area contributed by atoms with Crippen LogP contribution in [0.4, 0.5) is 4.39 Å². The fourth-order valence-electron chi connectivity index (χ4n) is 2.32.